The first kappa shape index (κ1) is 13.4. The highest BCUT2D eigenvalue weighted by Gasteiger charge is 2.28. The van der Waals surface area contributed by atoms with Crippen LogP contribution >= 0.6 is 0 Å². The fourth-order valence-corrected chi connectivity index (χ4v) is 2.03. The molecule has 19 heavy (non-hydrogen) atoms. The number of aromatic hydroxyl groups is 1. The van der Waals surface area contributed by atoms with Crippen LogP contribution in [0.1, 0.15) is 30.1 Å². The van der Waals surface area contributed by atoms with Crippen molar-refractivity contribution in [3.8, 4) is 5.75 Å². The van der Waals surface area contributed by atoms with Crippen molar-refractivity contribution < 1.29 is 24.5 Å². The highest BCUT2D eigenvalue weighted by molar-refractivity contribution is 6.02. The van der Waals surface area contributed by atoms with Crippen LogP contribution in [0.4, 0.5) is 5.69 Å². The summed E-state index contributed by atoms with van der Waals surface area (Å²) in [6.07, 6.45) is 0.910. The molecule has 1 fully saturated rings. The molecule has 1 aliphatic rings. The number of phenols is 1. The van der Waals surface area contributed by atoms with Gasteiger partial charge < -0.3 is 20.3 Å². The fourth-order valence-electron chi connectivity index (χ4n) is 2.03. The number of hydrogen-bond acceptors (Lipinski definition) is 4. The Kier molecular flexibility index (Phi) is 3.71. The van der Waals surface area contributed by atoms with Gasteiger partial charge in [-0.15, -0.1) is 0 Å². The van der Waals surface area contributed by atoms with E-state index in [-0.39, 0.29) is 29.0 Å². The maximum Gasteiger partial charge on any atom is 0.337 e. The summed E-state index contributed by atoms with van der Waals surface area (Å²) in [5.41, 5.74) is -0.00199. The lowest BCUT2D eigenvalue weighted by Crippen LogP contribution is -2.28. The Morgan fingerprint density at radius 3 is 2.68 bits per heavy atom. The van der Waals surface area contributed by atoms with E-state index in [2.05, 4.69) is 5.32 Å². The lowest BCUT2D eigenvalue weighted by molar-refractivity contribution is -0.126. The molecule has 0 aromatic heterocycles. The quantitative estimate of drug-likeness (QED) is 0.721. The summed E-state index contributed by atoms with van der Waals surface area (Å²) in [5, 5.41) is 20.8. The number of nitrogens with one attached hydrogen (secondary N) is 1. The molecule has 3 N–H and O–H groups in total. The lowest BCUT2D eigenvalue weighted by atomic mass is 10.1. The minimum Gasteiger partial charge on any atom is -0.508 e. The second-order valence-electron chi connectivity index (χ2n) is 4.54. The number of carboxylic acid groups (broad SMARTS) is 1. The van der Waals surface area contributed by atoms with Gasteiger partial charge in [0.1, 0.15) is 11.9 Å². The number of amides is 1. The molecule has 1 aromatic rings. The molecule has 6 nitrogen and oxygen atoms in total. The van der Waals surface area contributed by atoms with Crippen LogP contribution in [0.15, 0.2) is 18.2 Å². The maximum absolute atomic E-state index is 11.9. The van der Waals surface area contributed by atoms with Gasteiger partial charge >= 0.3 is 5.97 Å². The molecule has 6 heteroatoms. The second-order valence-corrected chi connectivity index (χ2v) is 4.54. The molecule has 1 amide bonds. The van der Waals surface area contributed by atoms with E-state index in [1.165, 1.54) is 12.1 Å². The molecule has 0 bridgehead atoms. The zero-order valence-corrected chi connectivity index (χ0v) is 10.4. The zero-order valence-electron chi connectivity index (χ0n) is 10.4. The standard InChI is InChI=1S/C13H15NO5/c1-7-2-5-11(19-7)12(16)14-10-4-3-8(15)6-9(10)13(17)18/h3-4,6-7,11,15H,2,5H2,1H3,(H,14,16)(H,17,18). The number of carbonyl (C=O) groups is 2. The van der Waals surface area contributed by atoms with E-state index in [1.807, 2.05) is 6.92 Å². The highest BCUT2D eigenvalue weighted by atomic mass is 16.5. The summed E-state index contributed by atoms with van der Waals surface area (Å²) >= 11 is 0. The smallest absolute Gasteiger partial charge is 0.337 e. The molecule has 2 rings (SSSR count). The number of phenolic OH excluding ortho intramolecular Hbond substituents is 1. The topological polar surface area (TPSA) is 95.9 Å². The van der Waals surface area contributed by atoms with E-state index >= 15 is 0 Å². The van der Waals surface area contributed by atoms with Gasteiger partial charge in [0.2, 0.25) is 0 Å². The monoisotopic (exact) mass is 265 g/mol. The lowest BCUT2D eigenvalue weighted by Gasteiger charge is -2.13. The molecule has 0 radical (unpaired) electrons. The predicted octanol–water partition coefficient (Wildman–Crippen LogP) is 1.60. The van der Waals surface area contributed by atoms with Crippen molar-refractivity contribution in [2.75, 3.05) is 5.32 Å². The van der Waals surface area contributed by atoms with Gasteiger partial charge in [-0.2, -0.15) is 0 Å². The third-order valence-corrected chi connectivity index (χ3v) is 3.02. The van der Waals surface area contributed by atoms with E-state index < -0.39 is 12.1 Å². The van der Waals surface area contributed by atoms with Crippen LogP contribution in [0.5, 0.6) is 5.75 Å². The van der Waals surface area contributed by atoms with Gasteiger partial charge in [0.25, 0.3) is 5.91 Å². The molecular weight excluding hydrogens is 250 g/mol. The second kappa shape index (κ2) is 5.27. The van der Waals surface area contributed by atoms with Gasteiger partial charge in [-0.25, -0.2) is 4.79 Å². The Morgan fingerprint density at radius 2 is 2.11 bits per heavy atom. The zero-order chi connectivity index (χ0) is 14.0. The molecular formula is C13H15NO5. The number of anilines is 1. The Bertz CT molecular complexity index is 514. The van der Waals surface area contributed by atoms with Crippen LogP contribution in [0.25, 0.3) is 0 Å². The molecule has 0 aliphatic carbocycles. The van der Waals surface area contributed by atoms with Crippen molar-refractivity contribution in [1.82, 2.24) is 0 Å². The minimum atomic E-state index is -1.22. The van der Waals surface area contributed by atoms with Crippen molar-refractivity contribution in [1.29, 1.82) is 0 Å². The van der Waals surface area contributed by atoms with Crippen LogP contribution in [0.2, 0.25) is 0 Å². The summed E-state index contributed by atoms with van der Waals surface area (Å²) < 4.78 is 5.41. The Balaban J connectivity index is 2.14. The number of carboxylic acids is 1. The van der Waals surface area contributed by atoms with Crippen molar-refractivity contribution in [2.24, 2.45) is 0 Å². The van der Waals surface area contributed by atoms with Gasteiger partial charge in [-0.05, 0) is 38.0 Å². The number of rotatable bonds is 3. The molecule has 0 saturated carbocycles. The van der Waals surface area contributed by atoms with Gasteiger partial charge in [-0.3, -0.25) is 4.79 Å². The van der Waals surface area contributed by atoms with Gasteiger partial charge in [0.05, 0.1) is 17.4 Å². The molecule has 1 heterocycles. The third kappa shape index (κ3) is 3.03. The molecule has 1 aliphatic heterocycles. The van der Waals surface area contributed by atoms with Crippen molar-refractivity contribution in [3.05, 3.63) is 23.8 Å². The normalized spacial score (nSPS) is 22.2. The van der Waals surface area contributed by atoms with E-state index in [9.17, 15) is 14.7 Å². The Labute approximate surface area is 110 Å². The number of aromatic carboxylic acids is 1. The van der Waals surface area contributed by atoms with Crippen LogP contribution < -0.4 is 5.32 Å². The number of hydrogen-bond donors (Lipinski definition) is 3. The Hall–Kier alpha value is -2.08. The fraction of sp³-hybridized carbons (Fsp3) is 0.385. The van der Waals surface area contributed by atoms with Crippen molar-refractivity contribution >= 4 is 17.6 Å². The SMILES string of the molecule is CC1CCC(C(=O)Nc2ccc(O)cc2C(=O)O)O1. The average Bonchev–Trinajstić information content (AvgIpc) is 2.78. The van der Waals surface area contributed by atoms with Gasteiger partial charge in [0.15, 0.2) is 0 Å². The molecule has 1 aromatic carbocycles. The summed E-state index contributed by atoms with van der Waals surface area (Å²) in [5.74, 6) is -1.74. The average molecular weight is 265 g/mol. The van der Waals surface area contributed by atoms with Crippen LogP contribution in [-0.4, -0.2) is 34.3 Å². The first-order valence-electron chi connectivity index (χ1n) is 6.00. The minimum absolute atomic E-state index is 0.0366. The molecule has 0 spiro atoms. The number of ether oxygens (including phenoxy) is 1. The molecule has 102 valence electrons. The molecule has 1 saturated heterocycles. The summed E-state index contributed by atoms with van der Waals surface area (Å²) in [6, 6.07) is 3.77. The van der Waals surface area contributed by atoms with E-state index in [1.54, 1.807) is 0 Å². The third-order valence-electron chi connectivity index (χ3n) is 3.02. The summed E-state index contributed by atoms with van der Waals surface area (Å²) in [4.78, 5) is 23.0. The van der Waals surface area contributed by atoms with Crippen LogP contribution in [0, 0.1) is 0 Å². The summed E-state index contributed by atoms with van der Waals surface area (Å²) in [6.45, 7) is 1.89. The number of benzene rings is 1. The van der Waals surface area contributed by atoms with Crippen molar-refractivity contribution in [2.45, 2.75) is 32.0 Å². The first-order valence-corrected chi connectivity index (χ1v) is 6.00. The number of carbonyl (C=O) groups excluding carboxylic acids is 1. The molecule has 2 unspecified atom stereocenters. The van der Waals surface area contributed by atoms with Gasteiger partial charge in [-0.1, -0.05) is 0 Å². The summed E-state index contributed by atoms with van der Waals surface area (Å²) in [7, 11) is 0. The van der Waals surface area contributed by atoms with Crippen LogP contribution in [0.3, 0.4) is 0 Å². The van der Waals surface area contributed by atoms with E-state index in [0.717, 1.165) is 12.5 Å². The predicted molar refractivity (Wildman–Crippen MR) is 67.3 cm³/mol. The maximum atomic E-state index is 11.9. The first-order chi connectivity index (χ1) is 8.97. The molecule has 2 atom stereocenters. The van der Waals surface area contributed by atoms with Crippen LogP contribution in [-0.2, 0) is 9.53 Å². The largest absolute Gasteiger partial charge is 0.508 e. The van der Waals surface area contributed by atoms with Crippen molar-refractivity contribution in [3.63, 3.8) is 0 Å². The highest BCUT2D eigenvalue weighted by Crippen LogP contribution is 2.24. The van der Waals surface area contributed by atoms with E-state index in [4.69, 9.17) is 9.84 Å². The van der Waals surface area contributed by atoms with E-state index in [0.29, 0.717) is 6.42 Å². The Morgan fingerprint density at radius 1 is 1.37 bits per heavy atom. The van der Waals surface area contributed by atoms with Gasteiger partial charge in [0, 0.05) is 0 Å².